The summed E-state index contributed by atoms with van der Waals surface area (Å²) < 4.78 is 17.3. The van der Waals surface area contributed by atoms with Gasteiger partial charge in [0.25, 0.3) is 6.17 Å². The smallest absolute Gasteiger partial charge is 0.348 e. The van der Waals surface area contributed by atoms with Crippen LogP contribution >= 0.6 is 0 Å². The van der Waals surface area contributed by atoms with Crippen molar-refractivity contribution in [2.24, 2.45) is 0 Å². The molecule has 0 aromatic heterocycles. The SMILES string of the molecule is COC(=O)C(F)C(=O)c1cccc(C)c1. The number of alkyl halides is 1. The molecule has 0 bridgehead atoms. The quantitative estimate of drug-likeness (QED) is 0.433. The van der Waals surface area contributed by atoms with Gasteiger partial charge in [-0.3, -0.25) is 4.79 Å². The van der Waals surface area contributed by atoms with Gasteiger partial charge in [-0.15, -0.1) is 0 Å². The molecule has 0 aliphatic heterocycles. The number of carbonyl (C=O) groups is 2. The fourth-order valence-electron chi connectivity index (χ4n) is 1.16. The van der Waals surface area contributed by atoms with Crippen molar-refractivity contribution in [1.82, 2.24) is 0 Å². The van der Waals surface area contributed by atoms with E-state index in [1.165, 1.54) is 12.1 Å². The van der Waals surface area contributed by atoms with E-state index < -0.39 is 17.9 Å². The molecular formula is C11H11FO3. The first-order valence-electron chi connectivity index (χ1n) is 4.39. The zero-order chi connectivity index (χ0) is 11.4. The lowest BCUT2D eigenvalue weighted by Crippen LogP contribution is -2.26. The van der Waals surface area contributed by atoms with Crippen LogP contribution in [0.3, 0.4) is 0 Å². The maximum atomic E-state index is 13.2. The molecule has 0 radical (unpaired) electrons. The molecular weight excluding hydrogens is 199 g/mol. The third-order valence-corrected chi connectivity index (χ3v) is 1.94. The Labute approximate surface area is 86.9 Å². The van der Waals surface area contributed by atoms with E-state index in [9.17, 15) is 14.0 Å². The first-order chi connectivity index (χ1) is 7.06. The number of halogens is 1. The minimum Gasteiger partial charge on any atom is -0.467 e. The molecule has 1 rings (SSSR count). The highest BCUT2D eigenvalue weighted by atomic mass is 19.1. The molecule has 0 aliphatic rings. The van der Waals surface area contributed by atoms with Gasteiger partial charge in [-0.05, 0) is 13.0 Å². The second kappa shape index (κ2) is 4.68. The van der Waals surface area contributed by atoms with Crippen molar-refractivity contribution in [1.29, 1.82) is 0 Å². The van der Waals surface area contributed by atoms with Crippen LogP contribution in [0.2, 0.25) is 0 Å². The number of aryl methyl sites for hydroxylation is 1. The summed E-state index contributed by atoms with van der Waals surface area (Å²) in [6, 6.07) is 6.40. The van der Waals surface area contributed by atoms with Crippen LogP contribution in [0, 0.1) is 6.92 Å². The van der Waals surface area contributed by atoms with Crippen molar-refractivity contribution < 1.29 is 18.7 Å². The van der Waals surface area contributed by atoms with E-state index in [4.69, 9.17) is 0 Å². The third-order valence-electron chi connectivity index (χ3n) is 1.94. The zero-order valence-corrected chi connectivity index (χ0v) is 8.49. The van der Waals surface area contributed by atoms with Gasteiger partial charge in [0.1, 0.15) is 0 Å². The second-order valence-corrected chi connectivity index (χ2v) is 3.12. The van der Waals surface area contributed by atoms with E-state index in [2.05, 4.69) is 4.74 Å². The second-order valence-electron chi connectivity index (χ2n) is 3.12. The maximum absolute atomic E-state index is 13.2. The van der Waals surface area contributed by atoms with Crippen molar-refractivity contribution in [3.8, 4) is 0 Å². The monoisotopic (exact) mass is 210 g/mol. The molecule has 0 saturated heterocycles. The Morgan fingerprint density at radius 1 is 1.40 bits per heavy atom. The number of benzene rings is 1. The van der Waals surface area contributed by atoms with Crippen LogP contribution in [-0.2, 0) is 9.53 Å². The average Bonchev–Trinajstić information content (AvgIpc) is 2.26. The number of carbonyl (C=O) groups excluding carboxylic acids is 2. The number of methoxy groups -OCH3 is 1. The molecule has 0 heterocycles. The van der Waals surface area contributed by atoms with Gasteiger partial charge in [-0.1, -0.05) is 23.8 Å². The highest BCUT2D eigenvalue weighted by molar-refractivity contribution is 6.11. The van der Waals surface area contributed by atoms with Gasteiger partial charge in [0.15, 0.2) is 0 Å². The summed E-state index contributed by atoms with van der Waals surface area (Å²) in [5, 5.41) is 0. The summed E-state index contributed by atoms with van der Waals surface area (Å²) >= 11 is 0. The average molecular weight is 210 g/mol. The van der Waals surface area contributed by atoms with Gasteiger partial charge >= 0.3 is 5.97 Å². The van der Waals surface area contributed by atoms with Gasteiger partial charge in [0.2, 0.25) is 5.78 Å². The van der Waals surface area contributed by atoms with Gasteiger partial charge < -0.3 is 4.74 Å². The standard InChI is InChI=1S/C11H11FO3/c1-7-4-3-5-8(6-7)10(13)9(12)11(14)15-2/h3-6,9H,1-2H3. The molecule has 1 unspecified atom stereocenters. The number of esters is 1. The Morgan fingerprint density at radius 3 is 2.60 bits per heavy atom. The lowest BCUT2D eigenvalue weighted by Gasteiger charge is -2.05. The van der Waals surface area contributed by atoms with Crippen LogP contribution in [0.5, 0.6) is 0 Å². The molecule has 3 nitrogen and oxygen atoms in total. The minimum atomic E-state index is -2.24. The van der Waals surface area contributed by atoms with Crippen molar-refractivity contribution in [2.75, 3.05) is 7.11 Å². The highest BCUT2D eigenvalue weighted by Crippen LogP contribution is 2.09. The fourth-order valence-corrected chi connectivity index (χ4v) is 1.16. The summed E-state index contributed by atoms with van der Waals surface area (Å²) in [7, 11) is 1.04. The summed E-state index contributed by atoms with van der Waals surface area (Å²) in [5.74, 6) is -2.04. The zero-order valence-electron chi connectivity index (χ0n) is 8.49. The van der Waals surface area contributed by atoms with Gasteiger partial charge in [0.05, 0.1) is 7.11 Å². The normalized spacial score (nSPS) is 11.9. The van der Waals surface area contributed by atoms with Crippen LogP contribution in [0.4, 0.5) is 4.39 Å². The summed E-state index contributed by atoms with van der Waals surface area (Å²) in [6.45, 7) is 1.78. The molecule has 1 atom stereocenters. The number of hydrogen-bond acceptors (Lipinski definition) is 3. The van der Waals surface area contributed by atoms with Gasteiger partial charge in [0, 0.05) is 5.56 Å². The molecule has 4 heteroatoms. The van der Waals surface area contributed by atoms with E-state index in [0.29, 0.717) is 0 Å². The van der Waals surface area contributed by atoms with Crippen LogP contribution in [-0.4, -0.2) is 25.0 Å². The number of rotatable bonds is 3. The summed E-state index contributed by atoms with van der Waals surface area (Å²) in [6.07, 6.45) is -2.24. The van der Waals surface area contributed by atoms with E-state index in [1.807, 2.05) is 0 Å². The predicted molar refractivity (Wildman–Crippen MR) is 52.4 cm³/mol. The molecule has 0 aliphatic carbocycles. The number of hydrogen-bond donors (Lipinski definition) is 0. The Balaban J connectivity index is 2.90. The molecule has 15 heavy (non-hydrogen) atoms. The lowest BCUT2D eigenvalue weighted by atomic mass is 10.1. The molecule has 80 valence electrons. The fraction of sp³-hybridized carbons (Fsp3) is 0.273. The van der Waals surface area contributed by atoms with E-state index in [1.54, 1.807) is 19.1 Å². The number of Topliss-reactive ketones (excluding diaryl/α,β-unsaturated/α-hetero) is 1. The molecule has 1 aromatic rings. The molecule has 0 saturated carbocycles. The van der Waals surface area contributed by atoms with Crippen molar-refractivity contribution in [3.63, 3.8) is 0 Å². The summed E-state index contributed by atoms with van der Waals surface area (Å²) in [4.78, 5) is 22.2. The first-order valence-corrected chi connectivity index (χ1v) is 4.39. The molecule has 0 spiro atoms. The van der Waals surface area contributed by atoms with Crippen LogP contribution in [0.25, 0.3) is 0 Å². The highest BCUT2D eigenvalue weighted by Gasteiger charge is 2.27. The molecule has 0 fully saturated rings. The Morgan fingerprint density at radius 2 is 2.07 bits per heavy atom. The van der Waals surface area contributed by atoms with Crippen LogP contribution in [0.15, 0.2) is 24.3 Å². The predicted octanol–water partition coefficient (Wildman–Crippen LogP) is 1.69. The van der Waals surface area contributed by atoms with Crippen LogP contribution in [0.1, 0.15) is 15.9 Å². The van der Waals surface area contributed by atoms with E-state index in [-0.39, 0.29) is 5.56 Å². The topological polar surface area (TPSA) is 43.4 Å². The van der Waals surface area contributed by atoms with Gasteiger partial charge in [-0.25, -0.2) is 9.18 Å². The third kappa shape index (κ3) is 2.62. The number of ketones is 1. The Kier molecular flexibility index (Phi) is 3.55. The maximum Gasteiger partial charge on any atom is 0.348 e. The van der Waals surface area contributed by atoms with Gasteiger partial charge in [-0.2, -0.15) is 0 Å². The molecule has 1 aromatic carbocycles. The molecule has 0 amide bonds. The minimum absolute atomic E-state index is 0.174. The summed E-state index contributed by atoms with van der Waals surface area (Å²) in [5.41, 5.74) is 1.01. The van der Waals surface area contributed by atoms with Crippen molar-refractivity contribution >= 4 is 11.8 Å². The van der Waals surface area contributed by atoms with Crippen LogP contribution < -0.4 is 0 Å². The molecule has 0 N–H and O–H groups in total. The Bertz CT molecular complexity index is 387. The van der Waals surface area contributed by atoms with E-state index in [0.717, 1.165) is 12.7 Å². The lowest BCUT2D eigenvalue weighted by molar-refractivity contribution is -0.144. The van der Waals surface area contributed by atoms with E-state index >= 15 is 0 Å². The number of ether oxygens (including phenoxy) is 1. The Hall–Kier alpha value is -1.71. The van der Waals surface area contributed by atoms with Crippen molar-refractivity contribution in [3.05, 3.63) is 35.4 Å². The van der Waals surface area contributed by atoms with Crippen molar-refractivity contribution in [2.45, 2.75) is 13.1 Å². The first kappa shape index (κ1) is 11.4. The largest absolute Gasteiger partial charge is 0.467 e.